The molecule has 1 aromatic carbocycles. The van der Waals surface area contributed by atoms with Crippen molar-refractivity contribution in [3.63, 3.8) is 0 Å². The third-order valence-electron chi connectivity index (χ3n) is 4.82. The summed E-state index contributed by atoms with van der Waals surface area (Å²) >= 11 is 0. The Morgan fingerprint density at radius 2 is 1.93 bits per heavy atom. The van der Waals surface area contributed by atoms with E-state index in [0.717, 1.165) is 24.5 Å². The summed E-state index contributed by atoms with van der Waals surface area (Å²) in [6.45, 7) is 2.96. The standard InChI is InChI=1S/C19H25F3N6O.HI/c1-23-18(24-12-14-13-26(2)25-17(14)19(20,21)22)28-9-7-27(8-10-28)15-5-4-6-16(11-15)29-3;/h4-6,11,13H,7-10,12H2,1-3H3,(H,23,24);1H. The van der Waals surface area contributed by atoms with Crippen LogP contribution in [0.1, 0.15) is 11.3 Å². The quantitative estimate of drug-likeness (QED) is 0.369. The van der Waals surface area contributed by atoms with Gasteiger partial charge in [0.1, 0.15) is 5.75 Å². The summed E-state index contributed by atoms with van der Waals surface area (Å²) in [5.41, 5.74) is 0.305. The molecule has 2 aromatic rings. The molecular formula is C19H26F3IN6O. The number of ether oxygens (including phenoxy) is 1. The van der Waals surface area contributed by atoms with Crippen LogP contribution in [0.3, 0.4) is 0 Å². The van der Waals surface area contributed by atoms with E-state index in [0.29, 0.717) is 19.0 Å². The monoisotopic (exact) mass is 538 g/mol. The van der Waals surface area contributed by atoms with Crippen molar-refractivity contribution >= 4 is 35.6 Å². The fourth-order valence-electron chi connectivity index (χ4n) is 3.40. The molecule has 1 fully saturated rings. The topological polar surface area (TPSA) is 57.9 Å². The van der Waals surface area contributed by atoms with Gasteiger partial charge in [-0.15, -0.1) is 24.0 Å². The number of alkyl halides is 3. The van der Waals surface area contributed by atoms with Crippen molar-refractivity contribution in [2.24, 2.45) is 12.0 Å². The molecule has 0 bridgehead atoms. The molecule has 0 unspecified atom stereocenters. The highest BCUT2D eigenvalue weighted by Gasteiger charge is 2.37. The Morgan fingerprint density at radius 1 is 1.23 bits per heavy atom. The highest BCUT2D eigenvalue weighted by molar-refractivity contribution is 14.0. The normalized spacial score (nSPS) is 15.1. The second kappa shape index (κ2) is 10.2. The van der Waals surface area contributed by atoms with Crippen molar-refractivity contribution in [3.8, 4) is 5.75 Å². The lowest BCUT2D eigenvalue weighted by molar-refractivity contribution is -0.142. The largest absolute Gasteiger partial charge is 0.497 e. The Hall–Kier alpha value is -2.18. The number of guanidine groups is 1. The molecule has 0 amide bonds. The van der Waals surface area contributed by atoms with E-state index in [1.807, 2.05) is 29.2 Å². The number of aromatic nitrogens is 2. The first-order chi connectivity index (χ1) is 13.8. The van der Waals surface area contributed by atoms with E-state index in [2.05, 4.69) is 20.3 Å². The number of methoxy groups -OCH3 is 1. The average molecular weight is 538 g/mol. The van der Waals surface area contributed by atoms with Crippen molar-refractivity contribution in [2.45, 2.75) is 12.7 Å². The van der Waals surface area contributed by atoms with Crippen LogP contribution in [0.15, 0.2) is 35.5 Å². The van der Waals surface area contributed by atoms with Crippen LogP contribution in [0.25, 0.3) is 0 Å². The lowest BCUT2D eigenvalue weighted by atomic mass is 10.2. The number of nitrogens with zero attached hydrogens (tertiary/aromatic N) is 5. The Morgan fingerprint density at radius 3 is 2.53 bits per heavy atom. The zero-order valence-electron chi connectivity index (χ0n) is 17.1. The zero-order chi connectivity index (χ0) is 21.0. The van der Waals surface area contributed by atoms with Gasteiger partial charge in [0.15, 0.2) is 11.7 Å². The molecule has 0 spiro atoms. The minimum Gasteiger partial charge on any atom is -0.497 e. The van der Waals surface area contributed by atoms with Crippen molar-refractivity contribution in [1.29, 1.82) is 0 Å². The van der Waals surface area contributed by atoms with Crippen molar-refractivity contribution in [2.75, 3.05) is 45.2 Å². The molecule has 30 heavy (non-hydrogen) atoms. The lowest BCUT2D eigenvalue weighted by Gasteiger charge is -2.37. The number of halogens is 4. The Balaban J connectivity index is 0.00000320. The van der Waals surface area contributed by atoms with E-state index < -0.39 is 11.9 Å². The molecule has 1 N–H and O–H groups in total. The van der Waals surface area contributed by atoms with Crippen LogP contribution in [0.2, 0.25) is 0 Å². The molecule has 1 aliphatic heterocycles. The van der Waals surface area contributed by atoms with Gasteiger partial charge in [0.05, 0.1) is 7.11 Å². The SMILES string of the molecule is CN=C(NCc1cn(C)nc1C(F)(F)F)N1CCN(c2cccc(OC)c2)CC1.I. The second-order valence-corrected chi connectivity index (χ2v) is 6.75. The number of piperazine rings is 1. The van der Waals surface area contributed by atoms with Crippen LogP contribution >= 0.6 is 24.0 Å². The molecule has 7 nitrogen and oxygen atoms in total. The molecule has 0 aliphatic carbocycles. The van der Waals surface area contributed by atoms with Gasteiger partial charge in [0, 0.05) is 70.3 Å². The molecule has 1 saturated heterocycles. The molecule has 0 radical (unpaired) electrons. The number of hydrogen-bond donors (Lipinski definition) is 1. The van der Waals surface area contributed by atoms with Crippen LogP contribution in [0.5, 0.6) is 5.75 Å². The summed E-state index contributed by atoms with van der Waals surface area (Å²) in [4.78, 5) is 8.52. The maximum atomic E-state index is 13.1. The van der Waals surface area contributed by atoms with Gasteiger partial charge in [-0.1, -0.05) is 6.07 Å². The number of nitrogens with one attached hydrogen (secondary N) is 1. The molecule has 0 saturated carbocycles. The van der Waals surface area contributed by atoms with Gasteiger partial charge in [0.25, 0.3) is 0 Å². The molecule has 3 rings (SSSR count). The van der Waals surface area contributed by atoms with E-state index in [1.165, 1.54) is 17.9 Å². The third-order valence-corrected chi connectivity index (χ3v) is 4.82. The average Bonchev–Trinajstić information content (AvgIpc) is 3.10. The van der Waals surface area contributed by atoms with Crippen molar-refractivity contribution in [1.82, 2.24) is 20.0 Å². The number of benzene rings is 1. The van der Waals surface area contributed by atoms with Gasteiger partial charge >= 0.3 is 6.18 Å². The van der Waals surface area contributed by atoms with E-state index in [9.17, 15) is 13.2 Å². The summed E-state index contributed by atoms with van der Waals surface area (Å²) in [6.07, 6.45) is -3.10. The molecule has 1 aliphatic rings. The smallest absolute Gasteiger partial charge is 0.435 e. The third kappa shape index (κ3) is 5.70. The van der Waals surface area contributed by atoms with Gasteiger partial charge in [-0.2, -0.15) is 18.3 Å². The fourth-order valence-corrected chi connectivity index (χ4v) is 3.40. The summed E-state index contributed by atoms with van der Waals surface area (Å²) in [5.74, 6) is 1.38. The first-order valence-corrected chi connectivity index (χ1v) is 9.26. The Labute approximate surface area is 190 Å². The van der Waals surface area contributed by atoms with Crippen molar-refractivity contribution < 1.29 is 17.9 Å². The van der Waals surface area contributed by atoms with E-state index >= 15 is 0 Å². The minimum absolute atomic E-state index is 0. The first-order valence-electron chi connectivity index (χ1n) is 9.26. The van der Waals surface area contributed by atoms with Crippen LogP contribution in [-0.4, -0.2) is 61.0 Å². The van der Waals surface area contributed by atoms with Crippen LogP contribution in [0.4, 0.5) is 18.9 Å². The maximum Gasteiger partial charge on any atom is 0.435 e. The summed E-state index contributed by atoms with van der Waals surface area (Å²) in [7, 11) is 4.75. The highest BCUT2D eigenvalue weighted by Crippen LogP contribution is 2.30. The molecule has 0 atom stereocenters. The number of aliphatic imine (C=N–C) groups is 1. The second-order valence-electron chi connectivity index (χ2n) is 6.75. The predicted molar refractivity (Wildman–Crippen MR) is 121 cm³/mol. The first kappa shape index (κ1) is 24.1. The zero-order valence-corrected chi connectivity index (χ0v) is 19.4. The van der Waals surface area contributed by atoms with E-state index in [4.69, 9.17) is 4.74 Å². The van der Waals surface area contributed by atoms with Gasteiger partial charge in [0.2, 0.25) is 0 Å². The van der Waals surface area contributed by atoms with Gasteiger partial charge in [-0.05, 0) is 12.1 Å². The summed E-state index contributed by atoms with van der Waals surface area (Å²) in [6, 6.07) is 7.88. The summed E-state index contributed by atoms with van der Waals surface area (Å²) < 4.78 is 45.8. The van der Waals surface area contributed by atoms with Crippen LogP contribution in [-0.2, 0) is 19.8 Å². The van der Waals surface area contributed by atoms with Crippen LogP contribution in [0, 0.1) is 0 Å². The lowest BCUT2D eigenvalue weighted by Crippen LogP contribution is -2.52. The molecule has 166 valence electrons. The van der Waals surface area contributed by atoms with Gasteiger partial charge < -0.3 is 19.9 Å². The number of rotatable bonds is 4. The van der Waals surface area contributed by atoms with Gasteiger partial charge in [-0.3, -0.25) is 9.67 Å². The van der Waals surface area contributed by atoms with E-state index in [-0.39, 0.29) is 36.1 Å². The van der Waals surface area contributed by atoms with Gasteiger partial charge in [-0.25, -0.2) is 0 Å². The predicted octanol–water partition coefficient (Wildman–Crippen LogP) is 2.96. The van der Waals surface area contributed by atoms with E-state index in [1.54, 1.807) is 14.2 Å². The fraction of sp³-hybridized carbons (Fsp3) is 0.474. The van der Waals surface area contributed by atoms with Crippen LogP contribution < -0.4 is 15.0 Å². The number of hydrogen-bond acceptors (Lipinski definition) is 4. The maximum absolute atomic E-state index is 13.1. The Bertz CT molecular complexity index is 862. The molecular weight excluding hydrogens is 512 g/mol. The summed E-state index contributed by atoms with van der Waals surface area (Å²) in [5, 5.41) is 6.58. The molecule has 2 heterocycles. The molecule has 11 heteroatoms. The number of aryl methyl sites for hydroxylation is 1. The Kier molecular flexibility index (Phi) is 8.21. The minimum atomic E-state index is -4.48. The molecule has 1 aromatic heterocycles. The highest BCUT2D eigenvalue weighted by atomic mass is 127. The van der Waals surface area contributed by atoms with Crippen molar-refractivity contribution in [3.05, 3.63) is 41.7 Å². The number of anilines is 1.